The fraction of sp³-hybridized carbons (Fsp3) is 1.00. The average molecular weight is 145 g/mol. The molecule has 0 aliphatic rings. The summed E-state index contributed by atoms with van der Waals surface area (Å²) < 4.78 is 0. The van der Waals surface area contributed by atoms with Crippen molar-refractivity contribution >= 4 is 0 Å². The second-order valence-corrected chi connectivity index (χ2v) is 3.30. The van der Waals surface area contributed by atoms with E-state index in [2.05, 4.69) is 18.7 Å². The molecule has 3 unspecified atom stereocenters. The van der Waals surface area contributed by atoms with Gasteiger partial charge in [0, 0.05) is 6.04 Å². The molecule has 0 aliphatic heterocycles. The standard InChI is InChI=1S/C8H19NO/c1-6(8(3)10)7(2)9(4)5/h6-8,10H,1-5H3. The van der Waals surface area contributed by atoms with Gasteiger partial charge in [-0.2, -0.15) is 0 Å². The highest BCUT2D eigenvalue weighted by atomic mass is 16.3. The number of aliphatic hydroxyl groups excluding tert-OH is 1. The first-order valence-electron chi connectivity index (χ1n) is 3.81. The van der Waals surface area contributed by atoms with Crippen LogP contribution >= 0.6 is 0 Å². The van der Waals surface area contributed by atoms with Gasteiger partial charge in [-0.25, -0.2) is 0 Å². The van der Waals surface area contributed by atoms with E-state index < -0.39 is 0 Å². The molecule has 62 valence electrons. The van der Waals surface area contributed by atoms with Gasteiger partial charge in [-0.05, 0) is 33.9 Å². The first-order valence-corrected chi connectivity index (χ1v) is 3.81. The maximum Gasteiger partial charge on any atom is 0.0552 e. The molecule has 0 bridgehead atoms. The Morgan fingerprint density at radius 1 is 1.10 bits per heavy atom. The van der Waals surface area contributed by atoms with Gasteiger partial charge in [0.15, 0.2) is 0 Å². The lowest BCUT2D eigenvalue weighted by atomic mass is 9.98. The highest BCUT2D eigenvalue weighted by Gasteiger charge is 2.17. The SMILES string of the molecule is CC(O)C(C)C(C)N(C)C. The van der Waals surface area contributed by atoms with E-state index in [0.717, 1.165) is 0 Å². The van der Waals surface area contributed by atoms with E-state index in [1.807, 2.05) is 21.0 Å². The third-order valence-electron chi connectivity index (χ3n) is 2.34. The van der Waals surface area contributed by atoms with Gasteiger partial charge >= 0.3 is 0 Å². The summed E-state index contributed by atoms with van der Waals surface area (Å²) in [6.07, 6.45) is -0.211. The Bertz CT molecular complexity index is 79.3. The third kappa shape index (κ3) is 2.67. The second-order valence-electron chi connectivity index (χ2n) is 3.30. The summed E-state index contributed by atoms with van der Waals surface area (Å²) >= 11 is 0. The zero-order valence-electron chi connectivity index (χ0n) is 7.63. The van der Waals surface area contributed by atoms with Gasteiger partial charge in [0.2, 0.25) is 0 Å². The van der Waals surface area contributed by atoms with E-state index in [9.17, 15) is 5.11 Å². The Morgan fingerprint density at radius 3 is 1.60 bits per heavy atom. The van der Waals surface area contributed by atoms with Gasteiger partial charge in [-0.15, -0.1) is 0 Å². The molecular weight excluding hydrogens is 126 g/mol. The lowest BCUT2D eigenvalue weighted by Crippen LogP contribution is -2.36. The molecule has 0 radical (unpaired) electrons. The fourth-order valence-electron chi connectivity index (χ4n) is 0.873. The van der Waals surface area contributed by atoms with Gasteiger partial charge < -0.3 is 10.0 Å². The van der Waals surface area contributed by atoms with Gasteiger partial charge in [0.1, 0.15) is 0 Å². The van der Waals surface area contributed by atoms with Crippen molar-refractivity contribution in [2.24, 2.45) is 5.92 Å². The quantitative estimate of drug-likeness (QED) is 0.639. The molecule has 0 aliphatic carbocycles. The lowest BCUT2D eigenvalue weighted by molar-refractivity contribution is 0.0842. The van der Waals surface area contributed by atoms with Gasteiger partial charge in [-0.3, -0.25) is 0 Å². The minimum Gasteiger partial charge on any atom is -0.393 e. The van der Waals surface area contributed by atoms with Crippen molar-refractivity contribution in [3.63, 3.8) is 0 Å². The van der Waals surface area contributed by atoms with Crippen molar-refractivity contribution in [2.75, 3.05) is 14.1 Å². The van der Waals surface area contributed by atoms with Crippen molar-refractivity contribution in [3.8, 4) is 0 Å². The summed E-state index contributed by atoms with van der Waals surface area (Å²) in [5.74, 6) is 0.343. The average Bonchev–Trinajstić information content (AvgIpc) is 1.84. The van der Waals surface area contributed by atoms with Crippen LogP contribution in [0.25, 0.3) is 0 Å². The molecule has 2 heteroatoms. The summed E-state index contributed by atoms with van der Waals surface area (Å²) in [6, 6.07) is 0.444. The zero-order chi connectivity index (χ0) is 8.31. The number of rotatable bonds is 3. The van der Waals surface area contributed by atoms with Crippen LogP contribution in [0.5, 0.6) is 0 Å². The van der Waals surface area contributed by atoms with Crippen molar-refractivity contribution < 1.29 is 5.11 Å². The molecule has 0 spiro atoms. The molecule has 0 rings (SSSR count). The highest BCUT2D eigenvalue weighted by molar-refractivity contribution is 4.71. The molecule has 10 heavy (non-hydrogen) atoms. The molecule has 0 aromatic heterocycles. The van der Waals surface area contributed by atoms with Crippen molar-refractivity contribution in [1.82, 2.24) is 4.90 Å². The van der Waals surface area contributed by atoms with Gasteiger partial charge in [0.25, 0.3) is 0 Å². The maximum atomic E-state index is 9.21. The van der Waals surface area contributed by atoms with Crippen LogP contribution in [0.15, 0.2) is 0 Å². The molecule has 0 heterocycles. The molecule has 0 fully saturated rings. The molecule has 0 aromatic carbocycles. The second kappa shape index (κ2) is 3.94. The zero-order valence-corrected chi connectivity index (χ0v) is 7.63. The monoisotopic (exact) mass is 145 g/mol. The summed E-state index contributed by atoms with van der Waals surface area (Å²) in [5.41, 5.74) is 0. The number of hydrogen-bond donors (Lipinski definition) is 1. The number of aliphatic hydroxyl groups is 1. The first-order chi connectivity index (χ1) is 4.46. The van der Waals surface area contributed by atoms with Crippen molar-refractivity contribution in [2.45, 2.75) is 32.9 Å². The van der Waals surface area contributed by atoms with E-state index in [4.69, 9.17) is 0 Å². The molecule has 0 aromatic rings. The van der Waals surface area contributed by atoms with Crippen LogP contribution in [-0.2, 0) is 0 Å². The smallest absolute Gasteiger partial charge is 0.0552 e. The Labute approximate surface area is 63.8 Å². The van der Waals surface area contributed by atoms with Crippen LogP contribution in [-0.4, -0.2) is 36.2 Å². The minimum atomic E-state index is -0.211. The largest absolute Gasteiger partial charge is 0.393 e. The van der Waals surface area contributed by atoms with E-state index in [-0.39, 0.29) is 6.10 Å². The van der Waals surface area contributed by atoms with Gasteiger partial charge in [-0.1, -0.05) is 6.92 Å². The molecule has 1 N–H and O–H groups in total. The Hall–Kier alpha value is -0.0800. The lowest BCUT2D eigenvalue weighted by Gasteiger charge is -2.28. The summed E-state index contributed by atoms with van der Waals surface area (Å²) in [5, 5.41) is 9.21. The van der Waals surface area contributed by atoms with Crippen molar-refractivity contribution in [3.05, 3.63) is 0 Å². The van der Waals surface area contributed by atoms with Gasteiger partial charge in [0.05, 0.1) is 6.10 Å². The van der Waals surface area contributed by atoms with E-state index in [0.29, 0.717) is 12.0 Å². The normalized spacial score (nSPS) is 20.7. The van der Waals surface area contributed by atoms with E-state index >= 15 is 0 Å². The van der Waals surface area contributed by atoms with E-state index in [1.54, 1.807) is 0 Å². The van der Waals surface area contributed by atoms with Crippen LogP contribution < -0.4 is 0 Å². The molecule has 0 amide bonds. The van der Waals surface area contributed by atoms with E-state index in [1.165, 1.54) is 0 Å². The maximum absolute atomic E-state index is 9.21. The van der Waals surface area contributed by atoms with Crippen molar-refractivity contribution in [1.29, 1.82) is 0 Å². The summed E-state index contributed by atoms with van der Waals surface area (Å²) in [6.45, 7) is 6.03. The third-order valence-corrected chi connectivity index (χ3v) is 2.34. The predicted molar refractivity (Wildman–Crippen MR) is 44.0 cm³/mol. The molecule has 3 atom stereocenters. The number of nitrogens with zero attached hydrogens (tertiary/aromatic N) is 1. The minimum absolute atomic E-state index is 0.211. The topological polar surface area (TPSA) is 23.5 Å². The Kier molecular flexibility index (Phi) is 3.91. The molecule has 0 saturated carbocycles. The fourth-order valence-corrected chi connectivity index (χ4v) is 0.873. The number of hydrogen-bond acceptors (Lipinski definition) is 2. The predicted octanol–water partition coefficient (Wildman–Crippen LogP) is 0.953. The van der Waals surface area contributed by atoms with Crippen LogP contribution in [0.3, 0.4) is 0 Å². The molecular formula is C8H19NO. The summed E-state index contributed by atoms with van der Waals surface area (Å²) in [4.78, 5) is 2.12. The van der Waals surface area contributed by atoms with Crippen LogP contribution in [0.1, 0.15) is 20.8 Å². The highest BCUT2D eigenvalue weighted by Crippen LogP contribution is 2.11. The Balaban J connectivity index is 3.81. The van der Waals surface area contributed by atoms with Crippen LogP contribution in [0.4, 0.5) is 0 Å². The molecule has 2 nitrogen and oxygen atoms in total. The Morgan fingerprint density at radius 2 is 1.50 bits per heavy atom. The van der Waals surface area contributed by atoms with Crippen LogP contribution in [0.2, 0.25) is 0 Å². The molecule has 0 saturated heterocycles. The first kappa shape index (κ1) is 9.92. The summed E-state index contributed by atoms with van der Waals surface area (Å²) in [7, 11) is 4.06. The van der Waals surface area contributed by atoms with Crippen LogP contribution in [0, 0.1) is 5.92 Å².